The van der Waals surface area contributed by atoms with E-state index in [4.69, 9.17) is 4.74 Å². The first-order valence-electron chi connectivity index (χ1n) is 13.8. The molecule has 2 saturated carbocycles. The molecule has 209 valence electrons. The van der Waals surface area contributed by atoms with Crippen molar-refractivity contribution in [2.24, 2.45) is 17.8 Å². The van der Waals surface area contributed by atoms with Gasteiger partial charge in [0.25, 0.3) is 0 Å². The van der Waals surface area contributed by atoms with Crippen molar-refractivity contribution in [3.8, 4) is 17.2 Å². The van der Waals surface area contributed by atoms with Crippen LogP contribution in [0.2, 0.25) is 0 Å². The molecule has 0 N–H and O–H groups in total. The Labute approximate surface area is 220 Å². The molecule has 4 rings (SSSR count). The summed E-state index contributed by atoms with van der Waals surface area (Å²) in [6, 6.07) is 4.49. The lowest BCUT2D eigenvalue weighted by molar-refractivity contribution is -0.0547. The molecule has 2 nitrogen and oxygen atoms in total. The summed E-state index contributed by atoms with van der Waals surface area (Å²) in [7, 11) is 0. The van der Waals surface area contributed by atoms with Gasteiger partial charge < -0.3 is 9.47 Å². The highest BCUT2D eigenvalue weighted by Gasteiger charge is 2.33. The highest BCUT2D eigenvalue weighted by atomic mass is 19.3. The van der Waals surface area contributed by atoms with Crippen LogP contribution in [0.5, 0.6) is 17.2 Å². The maximum atomic E-state index is 15.4. The average Bonchev–Trinajstić information content (AvgIpc) is 2.89. The Kier molecular flexibility index (Phi) is 9.88. The Hall–Kier alpha value is -2.38. The van der Waals surface area contributed by atoms with E-state index < -0.39 is 47.1 Å². The zero-order valence-electron chi connectivity index (χ0n) is 21.7. The van der Waals surface area contributed by atoms with Crippen molar-refractivity contribution in [2.75, 3.05) is 0 Å². The van der Waals surface area contributed by atoms with E-state index in [1.165, 1.54) is 51.4 Å². The fourth-order valence-electron chi connectivity index (χ4n) is 6.37. The van der Waals surface area contributed by atoms with Gasteiger partial charge in [-0.1, -0.05) is 45.4 Å². The van der Waals surface area contributed by atoms with Crippen LogP contribution in [-0.4, -0.2) is 6.61 Å². The Balaban J connectivity index is 1.38. The van der Waals surface area contributed by atoms with Crippen LogP contribution in [0, 0.1) is 47.1 Å². The number of halogens is 6. The summed E-state index contributed by atoms with van der Waals surface area (Å²) in [6.07, 6.45) is 13.4. The van der Waals surface area contributed by atoms with Gasteiger partial charge in [0, 0.05) is 23.8 Å². The molecule has 8 heteroatoms. The molecule has 2 fully saturated rings. The molecule has 0 heterocycles. The minimum absolute atomic E-state index is 0.101. The molecule has 0 amide bonds. The average molecular weight is 542 g/mol. The van der Waals surface area contributed by atoms with Crippen LogP contribution in [0.15, 0.2) is 18.2 Å². The molecule has 0 bridgehead atoms. The highest BCUT2D eigenvalue weighted by Crippen LogP contribution is 2.46. The van der Waals surface area contributed by atoms with Crippen LogP contribution >= 0.6 is 0 Å². The minimum atomic E-state index is -3.42. The normalized spacial score (nSPS) is 24.0. The molecule has 1 radical (unpaired) electrons. The fraction of sp³-hybridized carbons (Fsp3) is 0.600. The monoisotopic (exact) mass is 541 g/mol. The maximum Gasteiger partial charge on any atom is 0.387 e. The van der Waals surface area contributed by atoms with E-state index in [2.05, 4.69) is 17.7 Å². The van der Waals surface area contributed by atoms with Gasteiger partial charge in [-0.05, 0) is 68.3 Å². The zero-order valence-corrected chi connectivity index (χ0v) is 21.7. The first kappa shape index (κ1) is 28.6. The number of hydrogen-bond donors (Lipinski definition) is 0. The second-order valence-corrected chi connectivity index (χ2v) is 10.8. The topological polar surface area (TPSA) is 18.5 Å². The van der Waals surface area contributed by atoms with Gasteiger partial charge in [-0.3, -0.25) is 0 Å². The van der Waals surface area contributed by atoms with Crippen LogP contribution in [0.3, 0.4) is 0 Å². The van der Waals surface area contributed by atoms with Crippen LogP contribution in [0.25, 0.3) is 0 Å². The van der Waals surface area contributed by atoms with Crippen molar-refractivity contribution in [2.45, 2.75) is 96.5 Å². The van der Waals surface area contributed by atoms with Crippen LogP contribution in [0.1, 0.15) is 95.5 Å². The third-order valence-corrected chi connectivity index (χ3v) is 8.38. The van der Waals surface area contributed by atoms with Crippen LogP contribution < -0.4 is 9.47 Å². The number of hydrogen-bond acceptors (Lipinski definition) is 2. The van der Waals surface area contributed by atoms with E-state index >= 15 is 4.39 Å². The summed E-state index contributed by atoms with van der Waals surface area (Å²) in [4.78, 5) is 0. The van der Waals surface area contributed by atoms with Gasteiger partial charge in [-0.15, -0.1) is 0 Å². The molecular formula is C30H35F6O2. The summed E-state index contributed by atoms with van der Waals surface area (Å²) in [5, 5.41) is 0. The Morgan fingerprint density at radius 3 is 2.03 bits per heavy atom. The predicted molar refractivity (Wildman–Crippen MR) is 133 cm³/mol. The number of ether oxygens (including phenoxy) is 2. The first-order chi connectivity index (χ1) is 18.3. The minimum Gasteiger partial charge on any atom is -0.453 e. The quantitative estimate of drug-likeness (QED) is 0.220. The molecule has 38 heavy (non-hydrogen) atoms. The lowest BCUT2D eigenvalue weighted by atomic mass is 9.68. The summed E-state index contributed by atoms with van der Waals surface area (Å²) < 4.78 is 92.0. The lowest BCUT2D eigenvalue weighted by Crippen LogP contribution is -2.26. The van der Waals surface area contributed by atoms with Crippen molar-refractivity contribution in [1.29, 1.82) is 0 Å². The van der Waals surface area contributed by atoms with Gasteiger partial charge in [0.1, 0.15) is 11.6 Å². The molecule has 0 aliphatic heterocycles. The number of benzene rings is 2. The van der Waals surface area contributed by atoms with Gasteiger partial charge >= 0.3 is 6.61 Å². The van der Waals surface area contributed by atoms with Crippen molar-refractivity contribution >= 4 is 0 Å². The van der Waals surface area contributed by atoms with E-state index in [1.807, 2.05) is 0 Å². The number of unbranched alkanes of at least 4 members (excludes halogenated alkanes) is 2. The van der Waals surface area contributed by atoms with E-state index in [9.17, 15) is 22.0 Å². The number of alkyl halides is 2. The summed E-state index contributed by atoms with van der Waals surface area (Å²) in [5.41, 5.74) is -0.101. The Morgan fingerprint density at radius 1 is 0.842 bits per heavy atom. The van der Waals surface area contributed by atoms with Crippen LogP contribution in [0.4, 0.5) is 26.3 Å². The SMILES string of the molecule is CCCCC[C@H]1CC[C@H](C2CCC(c3c(F)c[c]c(Oc4cc(F)c(OC(F)F)c(F)c4)c3F)CC2)CC1. The Bertz CT molecular complexity index is 1040. The van der Waals surface area contributed by atoms with E-state index in [1.54, 1.807) is 0 Å². The predicted octanol–water partition coefficient (Wildman–Crippen LogP) is 10.1. The largest absolute Gasteiger partial charge is 0.453 e. The molecular weight excluding hydrogens is 506 g/mol. The second kappa shape index (κ2) is 13.1. The molecule has 0 spiro atoms. The van der Waals surface area contributed by atoms with Crippen molar-refractivity contribution < 1.29 is 35.8 Å². The van der Waals surface area contributed by atoms with E-state index in [0.717, 1.165) is 24.8 Å². The van der Waals surface area contributed by atoms with E-state index in [0.29, 0.717) is 36.8 Å². The smallest absolute Gasteiger partial charge is 0.387 e. The summed E-state index contributed by atoms with van der Waals surface area (Å²) >= 11 is 0. The third kappa shape index (κ3) is 6.97. The van der Waals surface area contributed by atoms with Gasteiger partial charge in [0.15, 0.2) is 29.0 Å². The summed E-state index contributed by atoms with van der Waals surface area (Å²) in [5.74, 6) is -5.06. The maximum absolute atomic E-state index is 15.4. The Morgan fingerprint density at radius 2 is 1.45 bits per heavy atom. The third-order valence-electron chi connectivity index (χ3n) is 8.38. The molecule has 2 aliphatic rings. The van der Waals surface area contributed by atoms with Gasteiger partial charge in [-0.2, -0.15) is 8.78 Å². The van der Waals surface area contributed by atoms with Crippen molar-refractivity contribution in [3.63, 3.8) is 0 Å². The van der Waals surface area contributed by atoms with Gasteiger partial charge in [-0.25, -0.2) is 17.6 Å². The van der Waals surface area contributed by atoms with Gasteiger partial charge in [0.2, 0.25) is 0 Å². The second-order valence-electron chi connectivity index (χ2n) is 10.8. The molecule has 0 atom stereocenters. The lowest BCUT2D eigenvalue weighted by Gasteiger charge is -2.38. The van der Waals surface area contributed by atoms with Crippen molar-refractivity contribution in [3.05, 3.63) is 53.1 Å². The molecule has 2 aromatic rings. The standard InChI is InChI=1S/C30H35F6O2/c1-2-3-4-5-18-6-8-19(9-7-18)20-10-12-21(13-11-20)27-23(31)14-15-26(28(27)34)37-22-16-24(32)29(25(33)17-22)38-30(35)36/h14,16-21,30H,2-13H2,1H3/t18-,19-,20?,21?. The molecule has 2 aromatic carbocycles. The molecule has 0 unspecified atom stereocenters. The first-order valence-corrected chi connectivity index (χ1v) is 13.8. The molecule has 0 saturated heterocycles. The highest BCUT2D eigenvalue weighted by molar-refractivity contribution is 5.40. The fourth-order valence-corrected chi connectivity index (χ4v) is 6.37. The molecule has 2 aliphatic carbocycles. The number of rotatable bonds is 10. The van der Waals surface area contributed by atoms with E-state index in [-0.39, 0.29) is 11.5 Å². The van der Waals surface area contributed by atoms with Crippen molar-refractivity contribution in [1.82, 2.24) is 0 Å². The zero-order chi connectivity index (χ0) is 27.2. The van der Waals surface area contributed by atoms with Crippen LogP contribution in [-0.2, 0) is 0 Å². The molecule has 0 aromatic heterocycles. The summed E-state index contributed by atoms with van der Waals surface area (Å²) in [6.45, 7) is -1.19. The van der Waals surface area contributed by atoms with Gasteiger partial charge in [0.05, 0.1) is 0 Å².